The molecular weight excluding hydrogens is 359 g/mol. The van der Waals surface area contributed by atoms with Crippen LogP contribution in [0.15, 0.2) is 24.3 Å². The van der Waals surface area contributed by atoms with Gasteiger partial charge in [-0.2, -0.15) is 0 Å². The zero-order valence-electron chi connectivity index (χ0n) is 14.2. The number of hydrogen-bond donors (Lipinski definition) is 2. The molecule has 2 aromatic rings. The lowest BCUT2D eigenvalue weighted by molar-refractivity contribution is -0.122. The summed E-state index contributed by atoms with van der Waals surface area (Å²) in [4.78, 5) is 18.5. The number of likely N-dealkylation sites (N-methyl/N-ethyl adjacent to an activating group) is 1. The quantitative estimate of drug-likeness (QED) is 0.753. The average Bonchev–Trinajstić information content (AvgIpc) is 3.03. The van der Waals surface area contributed by atoms with Crippen LogP contribution in [0.4, 0.5) is 17.1 Å². The van der Waals surface area contributed by atoms with Gasteiger partial charge in [0.1, 0.15) is 16.5 Å². The molecule has 2 N–H and O–H groups in total. The van der Waals surface area contributed by atoms with Crippen LogP contribution in [0.3, 0.4) is 0 Å². The number of hydrogen-bond acceptors (Lipinski definition) is 4. The van der Waals surface area contributed by atoms with E-state index in [0.717, 1.165) is 28.2 Å². The van der Waals surface area contributed by atoms with Gasteiger partial charge in [-0.05, 0) is 50.6 Å². The van der Waals surface area contributed by atoms with Gasteiger partial charge in [-0.1, -0.05) is 23.2 Å². The van der Waals surface area contributed by atoms with Gasteiger partial charge in [0, 0.05) is 12.1 Å². The number of anilines is 3. The van der Waals surface area contributed by atoms with Crippen LogP contribution in [0.1, 0.15) is 38.1 Å². The van der Waals surface area contributed by atoms with E-state index in [1.54, 1.807) is 12.1 Å². The number of amides is 1. The zero-order chi connectivity index (χ0) is 17.9. The zero-order valence-corrected chi connectivity index (χ0v) is 15.7. The SMILES string of the molecule is CCN1C(=O)C(C)(C)c2cc3c(cc21)NC(c1cc(Cl)nc(Cl)c1)N3. The number of carbonyl (C=O) groups is 1. The summed E-state index contributed by atoms with van der Waals surface area (Å²) in [7, 11) is 0. The largest absolute Gasteiger partial charge is 0.360 e. The smallest absolute Gasteiger partial charge is 0.237 e. The molecule has 5 nitrogen and oxygen atoms in total. The van der Waals surface area contributed by atoms with Crippen molar-refractivity contribution in [2.24, 2.45) is 0 Å². The molecule has 0 radical (unpaired) electrons. The van der Waals surface area contributed by atoms with Crippen LogP contribution in [0, 0.1) is 0 Å². The molecule has 0 fully saturated rings. The fourth-order valence-corrected chi connectivity index (χ4v) is 4.07. The van der Waals surface area contributed by atoms with Gasteiger partial charge in [0.15, 0.2) is 0 Å². The summed E-state index contributed by atoms with van der Waals surface area (Å²) >= 11 is 12.0. The molecule has 3 heterocycles. The van der Waals surface area contributed by atoms with Crippen LogP contribution in [0.5, 0.6) is 0 Å². The van der Waals surface area contributed by atoms with Gasteiger partial charge < -0.3 is 15.5 Å². The van der Waals surface area contributed by atoms with Gasteiger partial charge in [0.05, 0.1) is 22.5 Å². The Bertz CT molecular complexity index is 877. The third kappa shape index (κ3) is 2.45. The molecule has 1 aromatic carbocycles. The van der Waals surface area contributed by atoms with Crippen LogP contribution < -0.4 is 15.5 Å². The lowest BCUT2D eigenvalue weighted by Gasteiger charge is -2.18. The minimum atomic E-state index is -0.524. The maximum Gasteiger partial charge on any atom is 0.237 e. The Hall–Kier alpha value is -1.98. The van der Waals surface area contributed by atoms with Crippen LogP contribution in [0.25, 0.3) is 0 Å². The first-order valence-electron chi connectivity index (χ1n) is 8.18. The standard InChI is InChI=1S/C18H18Cl2N4O/c1-4-24-13-8-12-11(7-10(13)18(2,3)17(24)25)21-16(22-12)9-5-14(19)23-15(20)6-9/h5-8,16,21-22H,4H2,1-3H3. The van der Waals surface area contributed by atoms with Crippen LogP contribution in [0.2, 0.25) is 10.3 Å². The minimum Gasteiger partial charge on any atom is -0.360 e. The Kier molecular flexibility index (Phi) is 3.63. The number of pyridine rings is 1. The first-order chi connectivity index (χ1) is 11.8. The predicted octanol–water partition coefficient (Wildman–Crippen LogP) is 4.57. The second kappa shape index (κ2) is 5.51. The Morgan fingerprint density at radius 2 is 1.72 bits per heavy atom. The molecule has 25 heavy (non-hydrogen) atoms. The summed E-state index contributed by atoms with van der Waals surface area (Å²) < 4.78 is 0. The first kappa shape index (κ1) is 16.5. The summed E-state index contributed by atoms with van der Waals surface area (Å²) in [6, 6.07) is 7.67. The van der Waals surface area contributed by atoms with Crippen molar-refractivity contribution >= 4 is 46.2 Å². The van der Waals surface area contributed by atoms with Crippen molar-refractivity contribution in [3.63, 3.8) is 0 Å². The Morgan fingerprint density at radius 3 is 2.32 bits per heavy atom. The van der Waals surface area contributed by atoms with E-state index in [2.05, 4.69) is 21.7 Å². The third-order valence-electron chi connectivity index (χ3n) is 4.91. The maximum absolute atomic E-state index is 12.7. The number of carbonyl (C=O) groups excluding carboxylic acids is 1. The molecule has 4 rings (SSSR count). The highest BCUT2D eigenvalue weighted by molar-refractivity contribution is 6.32. The normalized spacial score (nSPS) is 20.1. The molecule has 1 atom stereocenters. The van der Waals surface area contributed by atoms with E-state index in [1.807, 2.05) is 31.7 Å². The van der Waals surface area contributed by atoms with E-state index < -0.39 is 5.41 Å². The predicted molar refractivity (Wildman–Crippen MR) is 102 cm³/mol. The van der Waals surface area contributed by atoms with E-state index >= 15 is 0 Å². The molecule has 0 saturated heterocycles. The van der Waals surface area contributed by atoms with E-state index in [1.165, 1.54) is 0 Å². The number of aromatic nitrogens is 1. The molecule has 130 valence electrons. The molecule has 0 saturated carbocycles. The molecule has 0 bridgehead atoms. The Morgan fingerprint density at radius 1 is 1.12 bits per heavy atom. The summed E-state index contributed by atoms with van der Waals surface area (Å²) in [5, 5.41) is 7.57. The first-order valence-corrected chi connectivity index (χ1v) is 8.93. The summed E-state index contributed by atoms with van der Waals surface area (Å²) in [6.07, 6.45) is -0.149. The van der Waals surface area contributed by atoms with Crippen molar-refractivity contribution in [1.29, 1.82) is 0 Å². The number of fused-ring (bicyclic) bond motifs is 2. The maximum atomic E-state index is 12.7. The van der Waals surface area contributed by atoms with E-state index in [4.69, 9.17) is 23.2 Å². The number of rotatable bonds is 2. The Labute approximate surface area is 156 Å². The molecule has 1 amide bonds. The molecule has 0 spiro atoms. The monoisotopic (exact) mass is 376 g/mol. The van der Waals surface area contributed by atoms with Gasteiger partial charge >= 0.3 is 0 Å². The number of nitrogens with zero attached hydrogens (tertiary/aromatic N) is 2. The third-order valence-corrected chi connectivity index (χ3v) is 5.30. The second-order valence-electron chi connectivity index (χ2n) is 6.86. The van der Waals surface area contributed by atoms with Crippen LogP contribution in [-0.2, 0) is 10.2 Å². The summed E-state index contributed by atoms with van der Waals surface area (Å²) in [6.45, 7) is 6.59. The van der Waals surface area contributed by atoms with Crippen molar-refractivity contribution in [3.05, 3.63) is 45.7 Å². The molecule has 1 aromatic heterocycles. The molecule has 7 heteroatoms. The lowest BCUT2D eigenvalue weighted by atomic mass is 9.86. The van der Waals surface area contributed by atoms with Crippen LogP contribution in [-0.4, -0.2) is 17.4 Å². The van der Waals surface area contributed by atoms with E-state index in [9.17, 15) is 4.79 Å². The number of halogens is 2. The van der Waals surface area contributed by atoms with Crippen LogP contribution >= 0.6 is 23.2 Å². The average molecular weight is 377 g/mol. The molecular formula is C18H18Cl2N4O. The minimum absolute atomic E-state index is 0.137. The summed E-state index contributed by atoms with van der Waals surface area (Å²) in [5.41, 5.74) is 4.31. The van der Waals surface area contributed by atoms with Crippen molar-refractivity contribution in [3.8, 4) is 0 Å². The van der Waals surface area contributed by atoms with Crippen molar-refractivity contribution in [2.75, 3.05) is 22.1 Å². The van der Waals surface area contributed by atoms with Gasteiger partial charge in [-0.3, -0.25) is 4.79 Å². The fourth-order valence-electron chi connectivity index (χ4n) is 3.59. The highest BCUT2D eigenvalue weighted by Gasteiger charge is 2.44. The second-order valence-corrected chi connectivity index (χ2v) is 7.63. The molecule has 0 aliphatic carbocycles. The topological polar surface area (TPSA) is 57.3 Å². The van der Waals surface area contributed by atoms with Crippen molar-refractivity contribution in [1.82, 2.24) is 4.98 Å². The number of nitrogens with one attached hydrogen (secondary N) is 2. The van der Waals surface area contributed by atoms with E-state index in [0.29, 0.717) is 16.9 Å². The van der Waals surface area contributed by atoms with Gasteiger partial charge in [-0.15, -0.1) is 0 Å². The van der Waals surface area contributed by atoms with Crippen molar-refractivity contribution < 1.29 is 4.79 Å². The highest BCUT2D eigenvalue weighted by Crippen LogP contribution is 2.48. The van der Waals surface area contributed by atoms with Crippen molar-refractivity contribution in [2.45, 2.75) is 32.4 Å². The molecule has 2 aliphatic rings. The highest BCUT2D eigenvalue weighted by atomic mass is 35.5. The Balaban J connectivity index is 1.74. The van der Waals surface area contributed by atoms with Gasteiger partial charge in [0.2, 0.25) is 5.91 Å². The van der Waals surface area contributed by atoms with Gasteiger partial charge in [-0.25, -0.2) is 4.98 Å². The molecule has 2 aliphatic heterocycles. The van der Waals surface area contributed by atoms with E-state index in [-0.39, 0.29) is 12.1 Å². The lowest BCUT2D eigenvalue weighted by Crippen LogP contribution is -2.35. The molecule has 1 unspecified atom stereocenters. The van der Waals surface area contributed by atoms with Gasteiger partial charge in [0.25, 0.3) is 0 Å². The number of benzene rings is 1. The fraction of sp³-hybridized carbons (Fsp3) is 0.333. The summed E-state index contributed by atoms with van der Waals surface area (Å²) in [5.74, 6) is 0.137.